The summed E-state index contributed by atoms with van der Waals surface area (Å²) in [6.45, 7) is 1.78. The highest BCUT2D eigenvalue weighted by Crippen LogP contribution is 2.24. The summed E-state index contributed by atoms with van der Waals surface area (Å²) in [5, 5.41) is 2.67. The van der Waals surface area contributed by atoms with Gasteiger partial charge >= 0.3 is 0 Å². The Morgan fingerprint density at radius 1 is 0.708 bits per heavy atom. The van der Waals surface area contributed by atoms with Crippen LogP contribution in [0.3, 0.4) is 0 Å². The van der Waals surface area contributed by atoms with Crippen LogP contribution >= 0.6 is 0 Å². The Hall–Kier alpha value is -2.88. The van der Waals surface area contributed by atoms with Crippen molar-refractivity contribution in [3.8, 4) is 0 Å². The van der Waals surface area contributed by atoms with E-state index >= 15 is 0 Å². The zero-order chi connectivity index (χ0) is 16.5. The van der Waals surface area contributed by atoms with Crippen molar-refractivity contribution in [2.75, 3.05) is 0 Å². The second-order valence-corrected chi connectivity index (χ2v) is 6.43. The zero-order valence-corrected chi connectivity index (χ0v) is 14.1. The van der Waals surface area contributed by atoms with E-state index in [0.717, 1.165) is 13.1 Å². The number of hydrogen-bond donors (Lipinski definition) is 0. The van der Waals surface area contributed by atoms with Crippen LogP contribution in [0.1, 0.15) is 11.1 Å². The lowest BCUT2D eigenvalue weighted by molar-refractivity contribution is -0.671. The number of hydrogen-bond acceptors (Lipinski definition) is 0. The van der Waals surface area contributed by atoms with Gasteiger partial charge < -0.3 is 0 Å². The molecule has 2 aromatic heterocycles. The monoisotopic (exact) mass is 318 g/mol. The molecule has 4 aromatic rings. The van der Waals surface area contributed by atoms with Gasteiger partial charge in [-0.1, -0.05) is 36.4 Å². The summed E-state index contributed by atoms with van der Waals surface area (Å²) in [7, 11) is 4.10. The van der Waals surface area contributed by atoms with E-state index in [9.17, 15) is 0 Å². The first kappa shape index (κ1) is 14.7. The maximum absolute atomic E-state index is 2.27. The number of aromatic nitrogens is 4. The van der Waals surface area contributed by atoms with E-state index in [1.165, 1.54) is 21.9 Å². The molecule has 0 aliphatic rings. The van der Waals surface area contributed by atoms with Gasteiger partial charge in [0.05, 0.1) is 14.1 Å². The Balaban J connectivity index is 1.74. The van der Waals surface area contributed by atoms with E-state index in [4.69, 9.17) is 0 Å². The van der Waals surface area contributed by atoms with Gasteiger partial charge in [-0.05, 0) is 10.8 Å². The minimum atomic E-state index is 0.889. The van der Waals surface area contributed by atoms with Crippen molar-refractivity contribution in [3.63, 3.8) is 0 Å². The molecule has 120 valence electrons. The molecule has 4 nitrogen and oxygen atoms in total. The predicted molar refractivity (Wildman–Crippen MR) is 93.4 cm³/mol. The van der Waals surface area contributed by atoms with Crippen LogP contribution in [0.2, 0.25) is 0 Å². The highest BCUT2D eigenvalue weighted by Gasteiger charge is 2.11. The average Bonchev–Trinajstić information content (AvgIpc) is 3.18. The second-order valence-electron chi connectivity index (χ2n) is 6.43. The number of fused-ring (bicyclic) bond motifs is 1. The molecule has 0 unspecified atom stereocenters. The van der Waals surface area contributed by atoms with E-state index < -0.39 is 0 Å². The van der Waals surface area contributed by atoms with Gasteiger partial charge in [0.25, 0.3) is 0 Å². The van der Waals surface area contributed by atoms with Gasteiger partial charge in [-0.2, -0.15) is 0 Å². The molecule has 2 aromatic carbocycles. The molecule has 0 radical (unpaired) electrons. The normalized spacial score (nSPS) is 11.2. The standard InChI is InChI=1S/C20H22N4/c1-21-9-11-23(15-21)13-17-7-8-18(14-24-12-10-22(2)16-24)20-6-4-3-5-19(17)20/h3-12,15-16H,13-14H2,1-2H3/q+2. The molecule has 0 fully saturated rings. The zero-order valence-electron chi connectivity index (χ0n) is 14.1. The first-order valence-corrected chi connectivity index (χ1v) is 8.20. The Morgan fingerprint density at radius 3 is 1.54 bits per heavy atom. The highest BCUT2D eigenvalue weighted by atomic mass is 15.1. The van der Waals surface area contributed by atoms with E-state index in [-0.39, 0.29) is 0 Å². The lowest BCUT2D eigenvalue weighted by Gasteiger charge is -2.09. The topological polar surface area (TPSA) is 17.6 Å². The fourth-order valence-electron chi connectivity index (χ4n) is 3.28. The Morgan fingerprint density at radius 2 is 1.17 bits per heavy atom. The smallest absolute Gasteiger partial charge is 0.240 e. The lowest BCUT2D eigenvalue weighted by atomic mass is 9.99. The number of rotatable bonds is 4. The molecule has 0 bridgehead atoms. The predicted octanol–water partition coefficient (Wildman–Crippen LogP) is 2.19. The average molecular weight is 318 g/mol. The summed E-state index contributed by atoms with van der Waals surface area (Å²) < 4.78 is 8.58. The third-order valence-electron chi connectivity index (χ3n) is 4.46. The van der Waals surface area contributed by atoms with E-state index in [1.807, 2.05) is 0 Å². The van der Waals surface area contributed by atoms with Gasteiger partial charge in [-0.15, -0.1) is 0 Å². The molecule has 0 saturated carbocycles. The van der Waals surface area contributed by atoms with Crippen molar-refractivity contribution in [2.45, 2.75) is 13.1 Å². The first-order valence-electron chi connectivity index (χ1n) is 8.20. The van der Waals surface area contributed by atoms with E-state index in [1.54, 1.807) is 0 Å². The summed E-state index contributed by atoms with van der Waals surface area (Å²) in [6.07, 6.45) is 12.6. The molecule has 0 saturated heterocycles. The fourth-order valence-corrected chi connectivity index (χ4v) is 3.28. The molecule has 0 aliphatic carbocycles. The first-order chi connectivity index (χ1) is 11.7. The van der Waals surface area contributed by atoms with Crippen LogP contribution in [0, 0.1) is 0 Å². The Bertz CT molecular complexity index is 913. The van der Waals surface area contributed by atoms with Crippen molar-refractivity contribution in [2.24, 2.45) is 14.1 Å². The van der Waals surface area contributed by atoms with Crippen LogP contribution < -0.4 is 9.13 Å². The van der Waals surface area contributed by atoms with Gasteiger partial charge in [0.2, 0.25) is 12.7 Å². The van der Waals surface area contributed by atoms with Crippen molar-refractivity contribution in [3.05, 3.63) is 85.0 Å². The third kappa shape index (κ3) is 2.83. The molecular formula is C20H22N4+2. The van der Waals surface area contributed by atoms with Gasteiger partial charge in [0, 0.05) is 11.1 Å². The highest BCUT2D eigenvalue weighted by molar-refractivity contribution is 5.88. The van der Waals surface area contributed by atoms with E-state index in [0.29, 0.717) is 0 Å². The van der Waals surface area contributed by atoms with Crippen molar-refractivity contribution in [1.29, 1.82) is 0 Å². The Labute approximate surface area is 141 Å². The molecule has 0 aliphatic heterocycles. The largest absolute Gasteiger partial charge is 0.243 e. The SMILES string of the molecule is C[n+]1ccn(Cc2ccc(Cn3cc[n+](C)c3)c3ccccc23)c1. The van der Waals surface area contributed by atoms with Crippen LogP contribution in [0.4, 0.5) is 0 Å². The lowest BCUT2D eigenvalue weighted by Crippen LogP contribution is -2.23. The Kier molecular flexibility index (Phi) is 3.65. The number of nitrogens with zero attached hydrogens (tertiary/aromatic N) is 4. The second kappa shape index (κ2) is 5.96. The minimum absolute atomic E-state index is 0.889. The van der Waals surface area contributed by atoms with Crippen molar-refractivity contribution < 1.29 is 9.13 Å². The fraction of sp³-hybridized carbons (Fsp3) is 0.200. The summed E-state index contributed by atoms with van der Waals surface area (Å²) >= 11 is 0. The summed E-state index contributed by atoms with van der Waals surface area (Å²) in [4.78, 5) is 0. The summed E-state index contributed by atoms with van der Waals surface area (Å²) in [5.41, 5.74) is 2.70. The van der Waals surface area contributed by atoms with Crippen LogP contribution in [-0.4, -0.2) is 9.13 Å². The van der Waals surface area contributed by atoms with Crippen LogP contribution in [0.5, 0.6) is 0 Å². The maximum Gasteiger partial charge on any atom is 0.243 e. The molecular weight excluding hydrogens is 296 g/mol. The number of aryl methyl sites for hydroxylation is 2. The quantitative estimate of drug-likeness (QED) is 0.513. The van der Waals surface area contributed by atoms with Crippen molar-refractivity contribution in [1.82, 2.24) is 9.13 Å². The molecule has 2 heterocycles. The van der Waals surface area contributed by atoms with Crippen LogP contribution in [0.15, 0.2) is 73.8 Å². The summed E-state index contributed by atoms with van der Waals surface area (Å²) in [6, 6.07) is 13.2. The van der Waals surface area contributed by atoms with Gasteiger partial charge in [0.1, 0.15) is 37.9 Å². The molecule has 0 N–H and O–H groups in total. The maximum atomic E-state index is 2.27. The molecule has 24 heavy (non-hydrogen) atoms. The third-order valence-corrected chi connectivity index (χ3v) is 4.46. The van der Waals surface area contributed by atoms with Gasteiger partial charge in [-0.25, -0.2) is 18.3 Å². The molecule has 0 atom stereocenters. The number of imidazole rings is 2. The van der Waals surface area contributed by atoms with Gasteiger partial charge in [0.15, 0.2) is 0 Å². The summed E-state index contributed by atoms with van der Waals surface area (Å²) in [5.74, 6) is 0. The number of benzene rings is 2. The van der Waals surface area contributed by atoms with Gasteiger partial charge in [-0.3, -0.25) is 0 Å². The molecule has 0 spiro atoms. The molecule has 4 heteroatoms. The van der Waals surface area contributed by atoms with Crippen molar-refractivity contribution >= 4 is 10.8 Å². The van der Waals surface area contributed by atoms with Crippen LogP contribution in [0.25, 0.3) is 10.8 Å². The molecule has 4 rings (SSSR count). The van der Waals surface area contributed by atoms with Crippen LogP contribution in [-0.2, 0) is 27.2 Å². The molecule has 0 amide bonds. The minimum Gasteiger partial charge on any atom is -0.240 e. The van der Waals surface area contributed by atoms with E-state index in [2.05, 4.69) is 106 Å².